The Balaban J connectivity index is 2.41. The summed E-state index contributed by atoms with van der Waals surface area (Å²) in [5.41, 5.74) is 0. The summed E-state index contributed by atoms with van der Waals surface area (Å²) in [5, 5.41) is 22.6. The number of hydrogen-bond donors (Lipinski definition) is 4. The van der Waals surface area contributed by atoms with Crippen molar-refractivity contribution < 1.29 is 24.6 Å². The molecule has 0 radical (unpaired) electrons. The maximum absolute atomic E-state index is 11.8. The van der Waals surface area contributed by atoms with Crippen LogP contribution in [0.15, 0.2) is 0 Å². The van der Waals surface area contributed by atoms with Crippen LogP contribution in [0.25, 0.3) is 0 Å². The maximum atomic E-state index is 11.8. The van der Waals surface area contributed by atoms with E-state index in [1.54, 1.807) is 0 Å². The Hall–Kier alpha value is -1.79. The first kappa shape index (κ1) is 17.3. The van der Waals surface area contributed by atoms with E-state index in [1.165, 1.54) is 6.42 Å². The Kier molecular flexibility index (Phi) is 6.98. The molecule has 0 aromatic rings. The van der Waals surface area contributed by atoms with Gasteiger partial charge in [-0.05, 0) is 32.1 Å². The van der Waals surface area contributed by atoms with Crippen LogP contribution >= 0.6 is 0 Å². The van der Waals surface area contributed by atoms with Gasteiger partial charge in [0.2, 0.25) is 0 Å². The van der Waals surface area contributed by atoms with Crippen molar-refractivity contribution >= 4 is 18.0 Å². The lowest BCUT2D eigenvalue weighted by molar-refractivity contribution is -0.140. The number of carbonyl (C=O) groups excluding carboxylic acids is 1. The summed E-state index contributed by atoms with van der Waals surface area (Å²) >= 11 is 0. The highest BCUT2D eigenvalue weighted by Gasteiger charge is 2.24. The smallest absolute Gasteiger partial charge is 0.326 e. The lowest BCUT2D eigenvalue weighted by atomic mass is 9.85. The molecule has 1 aliphatic rings. The molecule has 120 valence electrons. The van der Waals surface area contributed by atoms with E-state index in [2.05, 4.69) is 10.6 Å². The highest BCUT2D eigenvalue weighted by Crippen LogP contribution is 2.26. The van der Waals surface area contributed by atoms with Gasteiger partial charge in [0.1, 0.15) is 6.04 Å². The molecule has 0 saturated heterocycles. The second-order valence-electron chi connectivity index (χ2n) is 5.63. The Labute approximate surface area is 124 Å². The Morgan fingerprint density at radius 2 is 1.71 bits per heavy atom. The molecule has 0 aliphatic heterocycles. The van der Waals surface area contributed by atoms with E-state index in [9.17, 15) is 14.4 Å². The van der Waals surface area contributed by atoms with E-state index in [0.29, 0.717) is 5.92 Å². The average Bonchev–Trinajstić information content (AvgIpc) is 2.43. The van der Waals surface area contributed by atoms with Gasteiger partial charge in [-0.2, -0.15) is 0 Å². The summed E-state index contributed by atoms with van der Waals surface area (Å²) < 4.78 is 0. The summed E-state index contributed by atoms with van der Waals surface area (Å²) in [6.45, 7) is 1.92. The molecule has 7 heteroatoms. The Bertz CT molecular complexity index is 380. The van der Waals surface area contributed by atoms with E-state index in [0.717, 1.165) is 25.7 Å². The minimum Gasteiger partial charge on any atom is -0.481 e. The van der Waals surface area contributed by atoms with E-state index < -0.39 is 24.0 Å². The minimum atomic E-state index is -1.23. The number of carboxylic acid groups (broad SMARTS) is 2. The lowest BCUT2D eigenvalue weighted by Gasteiger charge is -2.28. The molecule has 7 nitrogen and oxygen atoms in total. The monoisotopic (exact) mass is 300 g/mol. The number of carbonyl (C=O) groups is 3. The summed E-state index contributed by atoms with van der Waals surface area (Å²) in [5.74, 6) is -1.89. The van der Waals surface area contributed by atoms with E-state index in [4.69, 9.17) is 10.2 Å². The van der Waals surface area contributed by atoms with Crippen molar-refractivity contribution in [3.8, 4) is 0 Å². The van der Waals surface area contributed by atoms with Crippen LogP contribution in [-0.2, 0) is 9.59 Å². The van der Waals surface area contributed by atoms with Crippen LogP contribution in [0.2, 0.25) is 0 Å². The molecule has 21 heavy (non-hydrogen) atoms. The molecule has 1 aliphatic carbocycles. The van der Waals surface area contributed by atoms with Gasteiger partial charge >= 0.3 is 18.0 Å². The number of carboxylic acids is 2. The summed E-state index contributed by atoms with van der Waals surface area (Å²) in [7, 11) is 0. The van der Waals surface area contributed by atoms with Gasteiger partial charge < -0.3 is 20.8 Å². The van der Waals surface area contributed by atoms with Crippen molar-refractivity contribution in [2.24, 2.45) is 5.92 Å². The highest BCUT2D eigenvalue weighted by atomic mass is 16.4. The molecule has 0 bridgehead atoms. The second-order valence-corrected chi connectivity index (χ2v) is 5.63. The molecular formula is C14H24N2O5. The van der Waals surface area contributed by atoms with Gasteiger partial charge in [0.25, 0.3) is 0 Å². The first-order valence-electron chi connectivity index (χ1n) is 7.41. The van der Waals surface area contributed by atoms with Gasteiger partial charge in [-0.25, -0.2) is 9.59 Å². The van der Waals surface area contributed by atoms with Crippen LogP contribution < -0.4 is 10.6 Å². The van der Waals surface area contributed by atoms with Crippen LogP contribution in [-0.4, -0.2) is 40.3 Å². The van der Waals surface area contributed by atoms with Gasteiger partial charge in [-0.3, -0.25) is 4.79 Å². The second kappa shape index (κ2) is 8.49. The molecule has 0 heterocycles. The van der Waals surface area contributed by atoms with Crippen LogP contribution in [0.4, 0.5) is 4.79 Å². The molecular weight excluding hydrogens is 276 g/mol. The first-order chi connectivity index (χ1) is 9.90. The highest BCUT2D eigenvalue weighted by molar-refractivity contribution is 5.83. The average molecular weight is 300 g/mol. The SMILES string of the molecule is CC(NC(=O)N[C@@H](CCC(=O)O)C(=O)O)C1CCCCC1. The summed E-state index contributed by atoms with van der Waals surface area (Å²) in [4.78, 5) is 33.3. The zero-order valence-corrected chi connectivity index (χ0v) is 12.3. The fourth-order valence-electron chi connectivity index (χ4n) is 2.68. The molecule has 1 fully saturated rings. The number of aliphatic carboxylic acids is 2. The largest absolute Gasteiger partial charge is 0.481 e. The topological polar surface area (TPSA) is 116 Å². The van der Waals surface area contributed by atoms with Crippen molar-refractivity contribution in [3.05, 3.63) is 0 Å². The molecule has 2 atom stereocenters. The van der Waals surface area contributed by atoms with Gasteiger partial charge in [-0.1, -0.05) is 19.3 Å². The van der Waals surface area contributed by atoms with Crippen LogP contribution in [0.1, 0.15) is 51.9 Å². The normalized spacial score (nSPS) is 18.5. The Morgan fingerprint density at radius 3 is 2.24 bits per heavy atom. The lowest BCUT2D eigenvalue weighted by Crippen LogP contribution is -2.50. The predicted molar refractivity (Wildman–Crippen MR) is 76.0 cm³/mol. The van der Waals surface area contributed by atoms with Crippen LogP contribution in [0.5, 0.6) is 0 Å². The number of urea groups is 1. The van der Waals surface area contributed by atoms with Gasteiger partial charge in [0.05, 0.1) is 0 Å². The van der Waals surface area contributed by atoms with E-state index in [1.807, 2.05) is 6.92 Å². The van der Waals surface area contributed by atoms with Crippen LogP contribution in [0.3, 0.4) is 0 Å². The first-order valence-corrected chi connectivity index (χ1v) is 7.41. The standard InChI is InChI=1S/C14H24N2O5/c1-9(10-5-3-2-4-6-10)15-14(21)16-11(13(19)20)7-8-12(17)18/h9-11H,2-8H2,1H3,(H,17,18)(H,19,20)(H2,15,16,21)/t9?,11-/m0/s1. The molecule has 0 aromatic heterocycles. The summed E-state index contributed by atoms with van der Waals surface area (Å²) in [6.07, 6.45) is 5.27. The molecule has 0 aromatic carbocycles. The van der Waals surface area contributed by atoms with Crippen LogP contribution in [0, 0.1) is 5.92 Å². The fourth-order valence-corrected chi connectivity index (χ4v) is 2.68. The molecule has 0 spiro atoms. The zero-order chi connectivity index (χ0) is 15.8. The zero-order valence-electron chi connectivity index (χ0n) is 12.3. The number of amides is 2. The van der Waals surface area contributed by atoms with Gasteiger partial charge in [0.15, 0.2) is 0 Å². The predicted octanol–water partition coefficient (Wildman–Crippen LogP) is 1.57. The van der Waals surface area contributed by atoms with Gasteiger partial charge in [-0.15, -0.1) is 0 Å². The van der Waals surface area contributed by atoms with Crippen molar-refractivity contribution in [1.82, 2.24) is 10.6 Å². The van der Waals surface area contributed by atoms with E-state index in [-0.39, 0.29) is 18.9 Å². The van der Waals surface area contributed by atoms with Crippen molar-refractivity contribution in [3.63, 3.8) is 0 Å². The number of nitrogens with one attached hydrogen (secondary N) is 2. The third-order valence-corrected chi connectivity index (χ3v) is 3.97. The number of rotatable bonds is 7. The van der Waals surface area contributed by atoms with Gasteiger partial charge in [0, 0.05) is 12.5 Å². The molecule has 2 amide bonds. The Morgan fingerprint density at radius 1 is 1.10 bits per heavy atom. The summed E-state index contributed by atoms with van der Waals surface area (Å²) in [6, 6.07) is -1.75. The van der Waals surface area contributed by atoms with E-state index >= 15 is 0 Å². The van der Waals surface area contributed by atoms with Crippen molar-refractivity contribution in [1.29, 1.82) is 0 Å². The third kappa shape index (κ3) is 6.46. The molecule has 1 saturated carbocycles. The third-order valence-electron chi connectivity index (χ3n) is 3.97. The maximum Gasteiger partial charge on any atom is 0.326 e. The van der Waals surface area contributed by atoms with Crippen molar-refractivity contribution in [2.75, 3.05) is 0 Å². The molecule has 1 rings (SSSR count). The molecule has 4 N–H and O–H groups in total. The quantitative estimate of drug-likeness (QED) is 0.569. The minimum absolute atomic E-state index is 0.0146. The fraction of sp³-hybridized carbons (Fsp3) is 0.786. The molecule has 1 unspecified atom stereocenters. The van der Waals surface area contributed by atoms with Crippen molar-refractivity contribution in [2.45, 2.75) is 64.0 Å². The number of hydrogen-bond acceptors (Lipinski definition) is 3.